The molecule has 0 aromatic heterocycles. The van der Waals surface area contributed by atoms with Crippen molar-refractivity contribution in [2.24, 2.45) is 23.7 Å². The van der Waals surface area contributed by atoms with Crippen molar-refractivity contribution >= 4 is 0 Å². The van der Waals surface area contributed by atoms with Gasteiger partial charge in [-0.25, -0.2) is 0 Å². The topological polar surface area (TPSA) is 18.5 Å². The molecule has 0 saturated carbocycles. The lowest BCUT2D eigenvalue weighted by molar-refractivity contribution is 0.149. The molecule has 0 unspecified atom stereocenters. The van der Waals surface area contributed by atoms with Crippen molar-refractivity contribution in [3.8, 4) is 0 Å². The third kappa shape index (κ3) is 0.882. The van der Waals surface area contributed by atoms with Crippen LogP contribution < -0.4 is 0 Å². The Morgan fingerprint density at radius 3 is 1.75 bits per heavy atom. The van der Waals surface area contributed by atoms with Gasteiger partial charge in [0.2, 0.25) is 0 Å². The number of rotatable bonds is 0. The summed E-state index contributed by atoms with van der Waals surface area (Å²) < 4.78 is 11.0. The number of hydrogen-bond donors (Lipinski definition) is 0. The quantitative estimate of drug-likeness (QED) is 0.501. The number of ether oxygens (including phenoxy) is 2. The number of hydrogen-bond acceptors (Lipinski definition) is 2. The molecule has 2 aliphatic heterocycles. The van der Waals surface area contributed by atoms with Crippen molar-refractivity contribution < 1.29 is 9.47 Å². The highest BCUT2D eigenvalue weighted by molar-refractivity contribution is 5.08. The van der Waals surface area contributed by atoms with E-state index in [2.05, 4.69) is 12.2 Å². The molecule has 12 heavy (non-hydrogen) atoms. The van der Waals surface area contributed by atoms with Gasteiger partial charge in [0.1, 0.15) is 0 Å². The third-order valence-corrected chi connectivity index (χ3v) is 3.50. The normalized spacial score (nSPS) is 50.7. The molecule has 4 atom stereocenters. The van der Waals surface area contributed by atoms with Gasteiger partial charge in [-0.15, -0.1) is 0 Å². The largest absolute Gasteiger partial charge is 0.381 e. The fourth-order valence-corrected chi connectivity index (χ4v) is 2.74. The molecule has 3 rings (SSSR count). The third-order valence-electron chi connectivity index (χ3n) is 3.50. The van der Waals surface area contributed by atoms with Crippen LogP contribution in [0.3, 0.4) is 0 Å². The van der Waals surface area contributed by atoms with Gasteiger partial charge in [-0.05, 0) is 11.8 Å². The van der Waals surface area contributed by atoms with Crippen LogP contribution in [-0.4, -0.2) is 26.4 Å². The van der Waals surface area contributed by atoms with E-state index in [0.717, 1.165) is 38.3 Å². The smallest absolute Gasteiger partial charge is 0.0532 e. The highest BCUT2D eigenvalue weighted by atomic mass is 16.5. The van der Waals surface area contributed by atoms with Crippen LogP contribution >= 0.6 is 0 Å². The standard InChI is InChI=1S/C10H14O2/c1-2-8-4-12-6-10(8)9-5-11-3-7(1)9/h1-2,7-10H,3-6H2/t7-,8+,9+,10-. The number of fused-ring (bicyclic) bond motifs is 3. The van der Waals surface area contributed by atoms with Crippen molar-refractivity contribution in [2.75, 3.05) is 26.4 Å². The Morgan fingerprint density at radius 1 is 0.750 bits per heavy atom. The van der Waals surface area contributed by atoms with E-state index in [1.54, 1.807) is 0 Å². The molecule has 2 saturated heterocycles. The Hall–Kier alpha value is -0.340. The van der Waals surface area contributed by atoms with Crippen molar-refractivity contribution in [2.45, 2.75) is 0 Å². The van der Waals surface area contributed by atoms with Gasteiger partial charge in [0, 0.05) is 11.8 Å². The lowest BCUT2D eigenvalue weighted by atomic mass is 9.74. The van der Waals surface area contributed by atoms with E-state index < -0.39 is 0 Å². The maximum absolute atomic E-state index is 5.49. The van der Waals surface area contributed by atoms with Crippen LogP contribution in [0.15, 0.2) is 12.2 Å². The molecule has 3 aliphatic rings. The van der Waals surface area contributed by atoms with Gasteiger partial charge in [0.25, 0.3) is 0 Å². The Kier molecular flexibility index (Phi) is 1.52. The van der Waals surface area contributed by atoms with E-state index in [1.807, 2.05) is 0 Å². The summed E-state index contributed by atoms with van der Waals surface area (Å²) in [5, 5.41) is 0. The van der Waals surface area contributed by atoms with Crippen LogP contribution in [0.2, 0.25) is 0 Å². The highest BCUT2D eigenvalue weighted by Gasteiger charge is 2.42. The van der Waals surface area contributed by atoms with Gasteiger partial charge in [-0.1, -0.05) is 12.2 Å². The predicted octanol–water partition coefficient (Wildman–Crippen LogP) is 1.08. The minimum Gasteiger partial charge on any atom is -0.381 e. The molecule has 66 valence electrons. The summed E-state index contributed by atoms with van der Waals surface area (Å²) in [5.41, 5.74) is 0. The van der Waals surface area contributed by atoms with Crippen molar-refractivity contribution in [3.63, 3.8) is 0 Å². The fourth-order valence-electron chi connectivity index (χ4n) is 2.74. The summed E-state index contributed by atoms with van der Waals surface area (Å²) in [7, 11) is 0. The SMILES string of the molecule is C1=C[C@H]2COC[C@H]2[C@H]2COC[C@@H]12. The summed E-state index contributed by atoms with van der Waals surface area (Å²) in [6, 6.07) is 0. The van der Waals surface area contributed by atoms with Crippen LogP contribution in [0, 0.1) is 23.7 Å². The van der Waals surface area contributed by atoms with E-state index in [1.165, 1.54) is 0 Å². The maximum Gasteiger partial charge on any atom is 0.0532 e. The zero-order chi connectivity index (χ0) is 7.97. The summed E-state index contributed by atoms with van der Waals surface area (Å²) in [6.07, 6.45) is 4.68. The predicted molar refractivity (Wildman–Crippen MR) is 44.7 cm³/mol. The fraction of sp³-hybridized carbons (Fsp3) is 0.800. The van der Waals surface area contributed by atoms with Gasteiger partial charge in [-0.3, -0.25) is 0 Å². The zero-order valence-electron chi connectivity index (χ0n) is 7.11. The molecular weight excluding hydrogens is 152 g/mol. The summed E-state index contributed by atoms with van der Waals surface area (Å²) in [4.78, 5) is 0. The van der Waals surface area contributed by atoms with Gasteiger partial charge in [0.05, 0.1) is 26.4 Å². The highest BCUT2D eigenvalue weighted by Crippen LogP contribution is 2.41. The second-order valence-electron chi connectivity index (χ2n) is 4.12. The Bertz CT molecular complexity index is 190. The molecule has 2 fully saturated rings. The lowest BCUT2D eigenvalue weighted by Gasteiger charge is -2.28. The maximum atomic E-state index is 5.49. The molecule has 1 aliphatic carbocycles. The average Bonchev–Trinajstić information content (AvgIpc) is 2.71. The van der Waals surface area contributed by atoms with Crippen LogP contribution in [0.4, 0.5) is 0 Å². The Labute approximate surface area is 72.5 Å². The molecule has 2 heterocycles. The van der Waals surface area contributed by atoms with Crippen LogP contribution in [0.25, 0.3) is 0 Å². The first kappa shape index (κ1) is 7.10. The molecule has 0 spiro atoms. The summed E-state index contributed by atoms with van der Waals surface area (Å²) in [5.74, 6) is 2.88. The zero-order valence-corrected chi connectivity index (χ0v) is 7.11. The first-order valence-corrected chi connectivity index (χ1v) is 4.79. The van der Waals surface area contributed by atoms with Gasteiger partial charge >= 0.3 is 0 Å². The molecule has 0 aromatic carbocycles. The minimum absolute atomic E-state index is 0.688. The van der Waals surface area contributed by atoms with Crippen molar-refractivity contribution in [1.82, 2.24) is 0 Å². The van der Waals surface area contributed by atoms with E-state index >= 15 is 0 Å². The van der Waals surface area contributed by atoms with Gasteiger partial charge in [0.15, 0.2) is 0 Å². The second kappa shape index (κ2) is 2.57. The molecule has 2 heteroatoms. The summed E-state index contributed by atoms with van der Waals surface area (Å²) >= 11 is 0. The van der Waals surface area contributed by atoms with Crippen LogP contribution in [0.5, 0.6) is 0 Å². The first-order chi connectivity index (χ1) is 5.95. The van der Waals surface area contributed by atoms with E-state index in [-0.39, 0.29) is 0 Å². The lowest BCUT2D eigenvalue weighted by Crippen LogP contribution is -2.29. The van der Waals surface area contributed by atoms with Crippen molar-refractivity contribution in [1.29, 1.82) is 0 Å². The molecule has 2 nitrogen and oxygen atoms in total. The van der Waals surface area contributed by atoms with Gasteiger partial charge in [-0.2, -0.15) is 0 Å². The first-order valence-electron chi connectivity index (χ1n) is 4.79. The van der Waals surface area contributed by atoms with Crippen LogP contribution in [0.1, 0.15) is 0 Å². The molecule has 0 N–H and O–H groups in total. The van der Waals surface area contributed by atoms with E-state index in [0.29, 0.717) is 11.8 Å². The molecule has 0 amide bonds. The summed E-state index contributed by atoms with van der Waals surface area (Å²) in [6.45, 7) is 3.79. The molecular formula is C10H14O2. The van der Waals surface area contributed by atoms with Gasteiger partial charge < -0.3 is 9.47 Å². The second-order valence-corrected chi connectivity index (χ2v) is 4.12. The van der Waals surface area contributed by atoms with E-state index in [4.69, 9.17) is 9.47 Å². The Morgan fingerprint density at radius 2 is 1.25 bits per heavy atom. The minimum atomic E-state index is 0.688. The van der Waals surface area contributed by atoms with Crippen LogP contribution in [-0.2, 0) is 9.47 Å². The van der Waals surface area contributed by atoms with Crippen molar-refractivity contribution in [3.05, 3.63) is 12.2 Å². The average molecular weight is 166 g/mol. The monoisotopic (exact) mass is 166 g/mol. The van der Waals surface area contributed by atoms with E-state index in [9.17, 15) is 0 Å². The molecule has 0 aromatic rings. The molecule has 0 radical (unpaired) electrons. The molecule has 0 bridgehead atoms. The Balaban J connectivity index is 1.89.